The largest absolute Gasteiger partial charge is 0.427 e. The Bertz CT molecular complexity index is 1140. The first kappa shape index (κ1) is 26.2. The predicted octanol–water partition coefficient (Wildman–Crippen LogP) is 1.22. The molecule has 35 heavy (non-hydrogen) atoms. The maximum absolute atomic E-state index is 13.0. The Morgan fingerprint density at radius 2 is 2.09 bits per heavy atom. The van der Waals surface area contributed by atoms with Crippen LogP contribution in [0.15, 0.2) is 34.0 Å². The van der Waals surface area contributed by atoms with E-state index in [4.69, 9.17) is 15.2 Å². The molecular weight excluding hydrogens is 498 g/mol. The van der Waals surface area contributed by atoms with Gasteiger partial charge in [0.1, 0.15) is 22.8 Å². The number of carbonyl (C=O) groups excluding carboxylic acids is 4. The highest BCUT2D eigenvalue weighted by Gasteiger charge is 2.54. The van der Waals surface area contributed by atoms with Crippen LogP contribution in [0.25, 0.3) is 0 Å². The quantitative estimate of drug-likeness (QED) is 0.118. The van der Waals surface area contributed by atoms with Gasteiger partial charge in [0, 0.05) is 11.1 Å². The van der Waals surface area contributed by atoms with Crippen molar-refractivity contribution in [1.82, 2.24) is 15.2 Å². The van der Waals surface area contributed by atoms with Gasteiger partial charge in [-0.3, -0.25) is 19.3 Å². The van der Waals surface area contributed by atoms with Crippen molar-refractivity contribution in [3.63, 3.8) is 0 Å². The van der Waals surface area contributed by atoms with Gasteiger partial charge in [0.25, 0.3) is 11.8 Å². The van der Waals surface area contributed by atoms with Crippen LogP contribution in [0.1, 0.15) is 33.4 Å². The van der Waals surface area contributed by atoms with Crippen LogP contribution in [-0.2, 0) is 28.7 Å². The number of carbonyl (C=O) groups is 4. The van der Waals surface area contributed by atoms with Crippen molar-refractivity contribution in [2.24, 2.45) is 10.6 Å². The number of nitrogen functional groups attached to an aromatic ring is 1. The third-order valence-corrected chi connectivity index (χ3v) is 6.89. The molecule has 0 unspecified atom stereocenters. The summed E-state index contributed by atoms with van der Waals surface area (Å²) in [4.78, 5) is 55.5. The number of amides is 2. The minimum Gasteiger partial charge on any atom is -0.427 e. The zero-order valence-electron chi connectivity index (χ0n) is 19.4. The predicted molar refractivity (Wildman–Crippen MR) is 128 cm³/mol. The number of hydrogen-bond donors (Lipinski definition) is 3. The van der Waals surface area contributed by atoms with E-state index in [0.29, 0.717) is 11.3 Å². The van der Waals surface area contributed by atoms with Gasteiger partial charge < -0.3 is 25.7 Å². The fourth-order valence-corrected chi connectivity index (χ4v) is 5.07. The molecule has 3 heterocycles. The molecule has 0 bridgehead atoms. The number of thioether (sulfide) groups is 1. The summed E-state index contributed by atoms with van der Waals surface area (Å²) in [6.45, 7) is 6.15. The van der Waals surface area contributed by atoms with Crippen LogP contribution < -0.4 is 11.1 Å². The van der Waals surface area contributed by atoms with Crippen molar-refractivity contribution in [3.05, 3.63) is 34.5 Å². The molecule has 3 rings (SSSR count). The summed E-state index contributed by atoms with van der Waals surface area (Å²) < 4.78 is 10.1. The van der Waals surface area contributed by atoms with E-state index in [0.717, 1.165) is 11.3 Å². The van der Waals surface area contributed by atoms with Gasteiger partial charge in [-0.05, 0) is 33.3 Å². The standard InChI is InChI=1S/C21H25N5O7S2/c1-5-6-10-7-34-17-13(24-15(27)12(25-31)11-8-35-20(22)23-11)16(28)26(17)14(10)18(29)32-9-33-19(30)21(2,3)4/h5-6,8,13,17,31H,7,9H2,1-4H3,(H2,22,23)(H,24,27)/b6-5-,25-12-/t13-,17-/m1/s1. The van der Waals surface area contributed by atoms with Gasteiger partial charge in [0.15, 0.2) is 10.8 Å². The normalized spacial score (nSPS) is 20.4. The van der Waals surface area contributed by atoms with Gasteiger partial charge in [-0.25, -0.2) is 9.78 Å². The Kier molecular flexibility index (Phi) is 7.85. The SMILES string of the molecule is C/C=C\C1=C(C(=O)OCOC(=O)C(C)(C)C)N2C(=O)[C@@H](NC(=O)/C(=N\O)c3csc(N)n3)[C@H]2SC1. The zero-order valence-corrected chi connectivity index (χ0v) is 21.1. The van der Waals surface area contributed by atoms with Gasteiger partial charge in [-0.15, -0.1) is 23.1 Å². The Morgan fingerprint density at radius 1 is 1.37 bits per heavy atom. The second-order valence-corrected chi connectivity index (χ2v) is 10.5. The molecule has 0 aliphatic carbocycles. The van der Waals surface area contributed by atoms with Crippen molar-refractivity contribution in [2.75, 3.05) is 18.3 Å². The Balaban J connectivity index is 1.72. The minimum absolute atomic E-state index is 0.0116. The molecule has 0 saturated carbocycles. The summed E-state index contributed by atoms with van der Waals surface area (Å²) in [5, 5.41) is 15.8. The first-order chi connectivity index (χ1) is 16.5. The lowest BCUT2D eigenvalue weighted by molar-refractivity contribution is -0.173. The summed E-state index contributed by atoms with van der Waals surface area (Å²) in [6, 6.07) is -0.978. The molecule has 12 nitrogen and oxygen atoms in total. The maximum Gasteiger partial charge on any atom is 0.358 e. The summed E-state index contributed by atoms with van der Waals surface area (Å²) >= 11 is 2.40. The fraction of sp³-hybridized carbons (Fsp3) is 0.429. The third-order valence-electron chi connectivity index (χ3n) is 4.92. The summed E-state index contributed by atoms with van der Waals surface area (Å²) in [5.74, 6) is -2.39. The molecule has 2 atom stereocenters. The number of hydrogen-bond acceptors (Lipinski definition) is 12. The van der Waals surface area contributed by atoms with Crippen LogP contribution >= 0.6 is 23.1 Å². The molecule has 0 spiro atoms. The number of esters is 2. The molecule has 1 saturated heterocycles. The molecule has 14 heteroatoms. The van der Waals surface area contributed by atoms with Gasteiger partial charge >= 0.3 is 11.9 Å². The molecular formula is C21H25N5O7S2. The average molecular weight is 524 g/mol. The molecule has 4 N–H and O–H groups in total. The molecule has 1 fully saturated rings. The van der Waals surface area contributed by atoms with Crippen LogP contribution in [0.5, 0.6) is 0 Å². The molecule has 1 aromatic heterocycles. The van der Waals surface area contributed by atoms with Crippen molar-refractivity contribution in [2.45, 2.75) is 39.1 Å². The zero-order chi connectivity index (χ0) is 25.9. The number of β-lactam (4-membered cyclic amide) rings is 1. The van der Waals surface area contributed by atoms with Crippen molar-refractivity contribution >= 4 is 57.7 Å². The van der Waals surface area contributed by atoms with Crippen LogP contribution in [0, 0.1) is 5.41 Å². The molecule has 1 aromatic rings. The summed E-state index contributed by atoms with van der Waals surface area (Å²) in [6.07, 6.45) is 3.40. The number of ether oxygens (including phenoxy) is 2. The number of nitrogens with two attached hydrogens (primary N) is 1. The van der Waals surface area contributed by atoms with E-state index < -0.39 is 53.1 Å². The van der Waals surface area contributed by atoms with Crippen LogP contribution in [0.3, 0.4) is 0 Å². The molecule has 188 valence electrons. The fourth-order valence-electron chi connectivity index (χ4n) is 3.20. The summed E-state index contributed by atoms with van der Waals surface area (Å²) in [7, 11) is 0. The highest BCUT2D eigenvalue weighted by molar-refractivity contribution is 8.00. The van der Waals surface area contributed by atoms with Crippen LogP contribution in [0.4, 0.5) is 5.13 Å². The Hall–Kier alpha value is -3.39. The number of rotatable bonds is 7. The van der Waals surface area contributed by atoms with E-state index >= 15 is 0 Å². The average Bonchev–Trinajstić information content (AvgIpc) is 3.22. The summed E-state index contributed by atoms with van der Waals surface area (Å²) in [5.41, 5.74) is 5.03. The highest BCUT2D eigenvalue weighted by Crippen LogP contribution is 2.41. The Morgan fingerprint density at radius 3 is 2.66 bits per heavy atom. The molecule has 0 radical (unpaired) electrons. The molecule has 0 aromatic carbocycles. The minimum atomic E-state index is -0.978. The molecule has 2 aliphatic rings. The number of aromatic nitrogens is 1. The lowest BCUT2D eigenvalue weighted by Gasteiger charge is -2.49. The second kappa shape index (κ2) is 10.5. The van der Waals surface area contributed by atoms with E-state index in [1.54, 1.807) is 39.8 Å². The highest BCUT2D eigenvalue weighted by atomic mass is 32.2. The first-order valence-corrected chi connectivity index (χ1v) is 12.3. The van der Waals surface area contributed by atoms with Gasteiger partial charge in [0.05, 0.1) is 5.41 Å². The topological polar surface area (TPSA) is 174 Å². The first-order valence-electron chi connectivity index (χ1n) is 10.4. The number of nitrogens with zero attached hydrogens (tertiary/aromatic N) is 3. The monoisotopic (exact) mass is 523 g/mol. The lowest BCUT2D eigenvalue weighted by Crippen LogP contribution is -2.71. The van der Waals surface area contributed by atoms with Crippen LogP contribution in [-0.4, -0.2) is 68.5 Å². The van der Waals surface area contributed by atoms with Gasteiger partial charge in [-0.2, -0.15) is 0 Å². The maximum atomic E-state index is 13.0. The molecule has 2 amide bonds. The second-order valence-electron chi connectivity index (χ2n) is 8.49. The number of anilines is 1. The third kappa shape index (κ3) is 5.48. The number of thiazole rings is 1. The van der Waals surface area contributed by atoms with Gasteiger partial charge in [-0.1, -0.05) is 17.3 Å². The number of fused-ring (bicyclic) bond motifs is 1. The van der Waals surface area contributed by atoms with E-state index in [2.05, 4.69) is 15.5 Å². The number of nitrogens with one attached hydrogen (secondary N) is 1. The van der Waals surface area contributed by atoms with E-state index in [1.165, 1.54) is 22.0 Å². The van der Waals surface area contributed by atoms with E-state index in [-0.39, 0.29) is 16.5 Å². The van der Waals surface area contributed by atoms with Crippen molar-refractivity contribution in [1.29, 1.82) is 0 Å². The number of allylic oxidation sites excluding steroid dienone is 2. The smallest absolute Gasteiger partial charge is 0.358 e. The Labute approximate surface area is 209 Å². The van der Waals surface area contributed by atoms with Crippen molar-refractivity contribution in [3.8, 4) is 0 Å². The van der Waals surface area contributed by atoms with Gasteiger partial charge in [0.2, 0.25) is 6.79 Å². The van der Waals surface area contributed by atoms with Crippen LogP contribution in [0.2, 0.25) is 0 Å². The lowest BCUT2D eigenvalue weighted by atomic mass is 9.98. The van der Waals surface area contributed by atoms with E-state index in [1.807, 2.05) is 0 Å². The van der Waals surface area contributed by atoms with Crippen molar-refractivity contribution < 1.29 is 33.9 Å². The number of oxime groups is 1. The molecule has 2 aliphatic heterocycles. The van der Waals surface area contributed by atoms with E-state index in [9.17, 15) is 24.4 Å².